The zero-order valence-corrected chi connectivity index (χ0v) is 14.7. The van der Waals surface area contributed by atoms with Crippen LogP contribution in [-0.2, 0) is 0 Å². The van der Waals surface area contributed by atoms with Gasteiger partial charge in [0.05, 0.1) is 20.4 Å². The van der Waals surface area contributed by atoms with E-state index in [0.29, 0.717) is 0 Å². The van der Waals surface area contributed by atoms with E-state index in [2.05, 4.69) is 47.4 Å². The van der Waals surface area contributed by atoms with Crippen LogP contribution in [-0.4, -0.2) is 9.97 Å². The lowest BCUT2D eigenvalue weighted by molar-refractivity contribution is 1.24. The van der Waals surface area contributed by atoms with E-state index in [1.807, 2.05) is 24.3 Å². The molecule has 2 aromatic carbocycles. The summed E-state index contributed by atoms with van der Waals surface area (Å²) in [5, 5.41) is 0. The zero-order valence-electron chi connectivity index (χ0n) is 10.5. The molecule has 0 saturated carbocycles. The maximum Gasteiger partial charge on any atom is 0.158 e. The zero-order chi connectivity index (χ0) is 14.4. The topological polar surface area (TPSA) is 25.8 Å². The maximum absolute atomic E-state index is 4.65. The summed E-state index contributed by atoms with van der Waals surface area (Å²) in [6, 6.07) is 12.1. The second-order valence-electron chi connectivity index (χ2n) is 4.31. The number of thiol groups is 2. The lowest BCUT2D eigenvalue weighted by Crippen LogP contribution is -1.73. The Labute approximate surface area is 144 Å². The summed E-state index contributed by atoms with van der Waals surface area (Å²) in [6.07, 6.45) is 0. The Morgan fingerprint density at radius 1 is 0.762 bits per heavy atom. The highest BCUT2D eigenvalue weighted by Crippen LogP contribution is 2.39. The predicted octanol–water partition coefficient (Wildman–Crippen LogP) is 5.63. The summed E-state index contributed by atoms with van der Waals surface area (Å²) in [5.41, 5.74) is 1.92. The number of benzene rings is 2. The van der Waals surface area contributed by atoms with Crippen LogP contribution >= 0.6 is 59.7 Å². The van der Waals surface area contributed by atoms with E-state index < -0.39 is 0 Å². The monoisotopic (exact) mass is 364 g/mol. The average molecular weight is 365 g/mol. The Hall–Kier alpha value is -0.730. The van der Waals surface area contributed by atoms with Gasteiger partial charge < -0.3 is 0 Å². The van der Waals surface area contributed by atoms with Crippen molar-refractivity contribution in [2.45, 2.75) is 18.5 Å². The Bertz CT molecular complexity index is 878. The van der Waals surface area contributed by atoms with Gasteiger partial charge in [0, 0.05) is 9.79 Å². The van der Waals surface area contributed by atoms with Crippen LogP contribution in [0, 0.1) is 0 Å². The molecule has 0 aliphatic heterocycles. The summed E-state index contributed by atoms with van der Waals surface area (Å²) in [6.45, 7) is 0. The molecule has 0 spiro atoms. The van der Waals surface area contributed by atoms with Crippen molar-refractivity contribution < 1.29 is 0 Å². The SMILES string of the molecule is Sc1cccc2sc(Sc3nc4c(S)cccc4s3)nc12. The molecule has 2 aromatic heterocycles. The van der Waals surface area contributed by atoms with Crippen LogP contribution in [0.3, 0.4) is 0 Å². The number of thiazole rings is 2. The van der Waals surface area contributed by atoms with Gasteiger partial charge in [-0.3, -0.25) is 0 Å². The molecule has 0 fully saturated rings. The van der Waals surface area contributed by atoms with Gasteiger partial charge in [0.2, 0.25) is 0 Å². The van der Waals surface area contributed by atoms with Gasteiger partial charge in [0.1, 0.15) is 0 Å². The van der Waals surface area contributed by atoms with Crippen LogP contribution in [0.1, 0.15) is 0 Å². The molecule has 0 amide bonds. The van der Waals surface area contributed by atoms with Crippen LogP contribution in [0.4, 0.5) is 0 Å². The Balaban J connectivity index is 1.75. The molecule has 4 aromatic rings. The van der Waals surface area contributed by atoms with Crippen molar-refractivity contribution in [1.29, 1.82) is 0 Å². The molecule has 2 nitrogen and oxygen atoms in total. The first-order valence-electron chi connectivity index (χ1n) is 6.05. The predicted molar refractivity (Wildman–Crippen MR) is 97.9 cm³/mol. The first kappa shape index (κ1) is 13.9. The van der Waals surface area contributed by atoms with Crippen LogP contribution < -0.4 is 0 Å². The highest BCUT2D eigenvalue weighted by molar-refractivity contribution is 8.02. The van der Waals surface area contributed by atoms with E-state index in [-0.39, 0.29) is 0 Å². The Morgan fingerprint density at radius 3 is 1.67 bits per heavy atom. The molecule has 0 atom stereocenters. The van der Waals surface area contributed by atoms with Crippen molar-refractivity contribution in [3.8, 4) is 0 Å². The van der Waals surface area contributed by atoms with Gasteiger partial charge in [-0.25, -0.2) is 9.97 Å². The molecule has 0 aliphatic rings. The quantitative estimate of drug-likeness (QED) is 0.451. The average Bonchev–Trinajstić information content (AvgIpc) is 3.04. The summed E-state index contributed by atoms with van der Waals surface area (Å²) < 4.78 is 4.29. The van der Waals surface area contributed by atoms with Gasteiger partial charge in [-0.15, -0.1) is 47.9 Å². The number of rotatable bonds is 2. The second-order valence-corrected chi connectivity index (χ2v) is 8.83. The first-order valence-corrected chi connectivity index (χ1v) is 9.40. The Morgan fingerprint density at radius 2 is 1.24 bits per heavy atom. The number of hydrogen-bond acceptors (Lipinski definition) is 7. The molecule has 2 heterocycles. The number of hydrogen-bond donors (Lipinski definition) is 2. The standard InChI is InChI=1S/C14H8N2S5/c17-7-3-1-5-9-11(7)15-13(19-9)21-14-16-12-8(18)4-2-6-10(12)20-14/h1-6,17-18H. The van der Waals surface area contributed by atoms with Crippen molar-refractivity contribution in [3.63, 3.8) is 0 Å². The minimum absolute atomic E-state index is 0.914. The van der Waals surface area contributed by atoms with Crippen molar-refractivity contribution >= 4 is 80.1 Å². The molecule has 7 heteroatoms. The van der Waals surface area contributed by atoms with E-state index in [0.717, 1.165) is 38.9 Å². The van der Waals surface area contributed by atoms with E-state index in [1.165, 1.54) is 0 Å². The highest BCUT2D eigenvalue weighted by atomic mass is 32.2. The number of para-hydroxylation sites is 2. The number of aromatic nitrogens is 2. The normalized spacial score (nSPS) is 11.5. The van der Waals surface area contributed by atoms with Gasteiger partial charge in [-0.1, -0.05) is 12.1 Å². The molecule has 21 heavy (non-hydrogen) atoms. The molecule has 104 valence electrons. The van der Waals surface area contributed by atoms with Crippen LogP contribution in [0.5, 0.6) is 0 Å². The summed E-state index contributed by atoms with van der Waals surface area (Å²) in [4.78, 5) is 11.1. The maximum atomic E-state index is 4.65. The summed E-state index contributed by atoms with van der Waals surface area (Å²) in [7, 11) is 0. The van der Waals surface area contributed by atoms with Gasteiger partial charge in [-0.2, -0.15) is 0 Å². The molecular weight excluding hydrogens is 357 g/mol. The van der Waals surface area contributed by atoms with Gasteiger partial charge in [-0.05, 0) is 36.0 Å². The molecule has 0 aliphatic carbocycles. The summed E-state index contributed by atoms with van der Waals surface area (Å²) in [5.74, 6) is 0. The van der Waals surface area contributed by atoms with Crippen molar-refractivity contribution in [2.75, 3.05) is 0 Å². The molecule has 4 rings (SSSR count). The van der Waals surface area contributed by atoms with Crippen LogP contribution in [0.15, 0.2) is 54.9 Å². The smallest absolute Gasteiger partial charge is 0.158 e. The third kappa shape index (κ3) is 2.57. The lowest BCUT2D eigenvalue weighted by Gasteiger charge is -1.90. The van der Waals surface area contributed by atoms with Gasteiger partial charge >= 0.3 is 0 Å². The van der Waals surface area contributed by atoms with Crippen molar-refractivity contribution in [1.82, 2.24) is 9.97 Å². The third-order valence-corrected chi connectivity index (χ3v) is 6.81. The molecule has 0 N–H and O–H groups in total. The van der Waals surface area contributed by atoms with E-state index in [1.54, 1.807) is 34.4 Å². The largest absolute Gasteiger partial charge is 0.228 e. The fourth-order valence-electron chi connectivity index (χ4n) is 1.99. The molecule has 0 unspecified atom stereocenters. The van der Waals surface area contributed by atoms with E-state index in [9.17, 15) is 0 Å². The molecule has 0 saturated heterocycles. The lowest BCUT2D eigenvalue weighted by atomic mass is 10.3. The van der Waals surface area contributed by atoms with Gasteiger partial charge in [0.15, 0.2) is 8.68 Å². The minimum Gasteiger partial charge on any atom is -0.228 e. The molecule has 0 radical (unpaired) electrons. The Kier molecular flexibility index (Phi) is 3.63. The van der Waals surface area contributed by atoms with Crippen molar-refractivity contribution in [2.24, 2.45) is 0 Å². The second kappa shape index (κ2) is 5.48. The van der Waals surface area contributed by atoms with Gasteiger partial charge in [0.25, 0.3) is 0 Å². The first-order chi connectivity index (χ1) is 10.2. The van der Waals surface area contributed by atoms with Crippen LogP contribution in [0.25, 0.3) is 20.4 Å². The fourth-order valence-corrected chi connectivity index (χ4v) is 6.03. The summed E-state index contributed by atoms with van der Waals surface area (Å²) >= 11 is 13.9. The third-order valence-electron chi connectivity index (χ3n) is 2.93. The van der Waals surface area contributed by atoms with Crippen LogP contribution in [0.2, 0.25) is 0 Å². The molecule has 0 bridgehead atoms. The highest BCUT2D eigenvalue weighted by Gasteiger charge is 2.12. The van der Waals surface area contributed by atoms with E-state index in [4.69, 9.17) is 0 Å². The van der Waals surface area contributed by atoms with E-state index >= 15 is 0 Å². The number of fused-ring (bicyclic) bond motifs is 2. The number of nitrogens with zero attached hydrogens (tertiary/aromatic N) is 2. The molecular formula is C14H8N2S5. The van der Waals surface area contributed by atoms with Crippen molar-refractivity contribution in [3.05, 3.63) is 36.4 Å². The minimum atomic E-state index is 0.914. The fraction of sp³-hybridized carbons (Fsp3) is 0.